The summed E-state index contributed by atoms with van der Waals surface area (Å²) in [6, 6.07) is 7.26. The van der Waals surface area contributed by atoms with E-state index in [1.807, 2.05) is 23.1 Å². The van der Waals surface area contributed by atoms with Crippen molar-refractivity contribution in [2.75, 3.05) is 13.1 Å². The van der Waals surface area contributed by atoms with Gasteiger partial charge in [-0.25, -0.2) is 0 Å². The first-order chi connectivity index (χ1) is 9.58. The molecule has 2 atom stereocenters. The Kier molecular flexibility index (Phi) is 5.01. The molecule has 1 aromatic carbocycles. The largest absolute Gasteiger partial charge is 0.481 e. The molecule has 1 aliphatic heterocycles. The van der Waals surface area contributed by atoms with E-state index >= 15 is 0 Å². The molecule has 1 amide bonds. The monoisotopic (exact) mass is 277 g/mol. The third-order valence-electron chi connectivity index (χ3n) is 3.67. The van der Waals surface area contributed by atoms with Gasteiger partial charge in [0, 0.05) is 13.1 Å². The number of hydrogen-bond donors (Lipinski definition) is 1. The van der Waals surface area contributed by atoms with Crippen molar-refractivity contribution in [3.05, 3.63) is 29.8 Å². The number of likely N-dealkylation sites (tertiary alicyclic amines) is 1. The molecule has 1 N–H and O–H groups in total. The summed E-state index contributed by atoms with van der Waals surface area (Å²) in [5.74, 6) is 0.674. The van der Waals surface area contributed by atoms with Crippen LogP contribution >= 0.6 is 0 Å². The number of aliphatic hydroxyl groups excluding tert-OH is 1. The minimum Gasteiger partial charge on any atom is -0.481 e. The lowest BCUT2D eigenvalue weighted by Gasteiger charge is -2.29. The molecule has 1 saturated heterocycles. The Bertz CT molecular complexity index is 453. The van der Waals surface area contributed by atoms with Crippen molar-refractivity contribution < 1.29 is 14.6 Å². The minimum atomic E-state index is -0.536. The number of carbonyl (C=O) groups is 1. The summed E-state index contributed by atoms with van der Waals surface area (Å²) in [5, 5.41) is 9.56. The first-order valence-electron chi connectivity index (χ1n) is 7.31. The van der Waals surface area contributed by atoms with E-state index in [1.165, 1.54) is 6.42 Å². The SMILES string of the molecule is CC(Oc1cccc(C(C)O)c1)C(=O)N1CCCCC1. The lowest BCUT2D eigenvalue weighted by molar-refractivity contribution is -0.138. The molecule has 1 fully saturated rings. The Morgan fingerprint density at radius 3 is 2.60 bits per heavy atom. The number of piperidine rings is 1. The van der Waals surface area contributed by atoms with Gasteiger partial charge < -0.3 is 14.7 Å². The van der Waals surface area contributed by atoms with Crippen molar-refractivity contribution in [1.82, 2.24) is 4.90 Å². The van der Waals surface area contributed by atoms with Gasteiger partial charge in [0.15, 0.2) is 6.10 Å². The molecule has 0 radical (unpaired) electrons. The molecule has 4 heteroatoms. The minimum absolute atomic E-state index is 0.0483. The first-order valence-corrected chi connectivity index (χ1v) is 7.31. The zero-order chi connectivity index (χ0) is 14.5. The molecule has 2 rings (SSSR count). The van der Waals surface area contributed by atoms with Gasteiger partial charge in [0.05, 0.1) is 6.10 Å². The third kappa shape index (κ3) is 3.73. The Labute approximate surface area is 120 Å². The third-order valence-corrected chi connectivity index (χ3v) is 3.67. The van der Waals surface area contributed by atoms with E-state index in [0.717, 1.165) is 31.5 Å². The van der Waals surface area contributed by atoms with Gasteiger partial charge in [-0.3, -0.25) is 4.79 Å². The van der Waals surface area contributed by atoms with E-state index in [0.29, 0.717) is 5.75 Å². The predicted octanol–water partition coefficient (Wildman–Crippen LogP) is 2.52. The van der Waals surface area contributed by atoms with Gasteiger partial charge in [-0.05, 0) is 50.8 Å². The molecule has 110 valence electrons. The lowest BCUT2D eigenvalue weighted by atomic mass is 10.1. The quantitative estimate of drug-likeness (QED) is 0.920. The Balaban J connectivity index is 1.97. The Morgan fingerprint density at radius 1 is 1.25 bits per heavy atom. The number of benzene rings is 1. The standard InChI is InChI=1S/C16H23NO3/c1-12(18)14-7-6-8-15(11-14)20-13(2)16(19)17-9-4-3-5-10-17/h6-8,11-13,18H,3-5,9-10H2,1-2H3. The van der Waals surface area contributed by atoms with Crippen molar-refractivity contribution >= 4 is 5.91 Å². The molecular weight excluding hydrogens is 254 g/mol. The van der Waals surface area contributed by atoms with E-state index in [2.05, 4.69) is 0 Å². The van der Waals surface area contributed by atoms with E-state index in [4.69, 9.17) is 4.74 Å². The van der Waals surface area contributed by atoms with Gasteiger partial charge in [0.25, 0.3) is 5.91 Å². The second-order valence-electron chi connectivity index (χ2n) is 5.39. The van der Waals surface area contributed by atoms with Crippen LogP contribution in [0.25, 0.3) is 0 Å². The van der Waals surface area contributed by atoms with Crippen LogP contribution < -0.4 is 4.74 Å². The summed E-state index contributed by atoms with van der Waals surface area (Å²) in [4.78, 5) is 14.2. The topological polar surface area (TPSA) is 49.8 Å². The molecule has 0 aliphatic carbocycles. The first kappa shape index (κ1) is 14.9. The molecule has 20 heavy (non-hydrogen) atoms. The number of aliphatic hydroxyl groups is 1. The predicted molar refractivity (Wildman–Crippen MR) is 77.6 cm³/mol. The van der Waals surface area contributed by atoms with Crippen LogP contribution in [0.4, 0.5) is 0 Å². The van der Waals surface area contributed by atoms with Crippen molar-refractivity contribution in [2.45, 2.75) is 45.3 Å². The summed E-state index contributed by atoms with van der Waals surface area (Å²) < 4.78 is 5.72. The highest BCUT2D eigenvalue weighted by atomic mass is 16.5. The lowest BCUT2D eigenvalue weighted by Crippen LogP contribution is -2.43. The maximum absolute atomic E-state index is 12.3. The van der Waals surface area contributed by atoms with Crippen LogP contribution in [0.2, 0.25) is 0 Å². The second-order valence-corrected chi connectivity index (χ2v) is 5.39. The highest BCUT2D eigenvalue weighted by Crippen LogP contribution is 2.20. The average molecular weight is 277 g/mol. The number of nitrogens with zero attached hydrogens (tertiary/aromatic N) is 1. The average Bonchev–Trinajstić information content (AvgIpc) is 2.47. The summed E-state index contributed by atoms with van der Waals surface area (Å²) >= 11 is 0. The Morgan fingerprint density at radius 2 is 1.95 bits per heavy atom. The van der Waals surface area contributed by atoms with Crippen molar-refractivity contribution in [1.29, 1.82) is 0 Å². The maximum atomic E-state index is 12.3. The fourth-order valence-corrected chi connectivity index (χ4v) is 2.47. The van der Waals surface area contributed by atoms with Crippen LogP contribution in [0.1, 0.15) is 44.8 Å². The maximum Gasteiger partial charge on any atom is 0.263 e. The van der Waals surface area contributed by atoms with Crippen LogP contribution in [0.15, 0.2) is 24.3 Å². The molecule has 4 nitrogen and oxygen atoms in total. The van der Waals surface area contributed by atoms with Crippen LogP contribution in [-0.2, 0) is 4.79 Å². The second kappa shape index (κ2) is 6.75. The summed E-state index contributed by atoms with van der Waals surface area (Å²) in [6.07, 6.45) is 2.34. The van der Waals surface area contributed by atoms with Gasteiger partial charge in [-0.15, -0.1) is 0 Å². The van der Waals surface area contributed by atoms with Crippen LogP contribution in [-0.4, -0.2) is 35.1 Å². The number of amides is 1. The van der Waals surface area contributed by atoms with Crippen molar-refractivity contribution in [3.63, 3.8) is 0 Å². The van der Waals surface area contributed by atoms with Crippen LogP contribution in [0.3, 0.4) is 0 Å². The highest BCUT2D eigenvalue weighted by molar-refractivity contribution is 5.81. The molecule has 0 spiro atoms. The number of carbonyl (C=O) groups excluding carboxylic acids is 1. The van der Waals surface area contributed by atoms with Gasteiger partial charge in [-0.1, -0.05) is 12.1 Å². The van der Waals surface area contributed by atoms with Crippen LogP contribution in [0.5, 0.6) is 5.75 Å². The molecule has 2 unspecified atom stereocenters. The van der Waals surface area contributed by atoms with E-state index < -0.39 is 12.2 Å². The highest BCUT2D eigenvalue weighted by Gasteiger charge is 2.23. The molecule has 1 aliphatic rings. The van der Waals surface area contributed by atoms with E-state index in [-0.39, 0.29) is 5.91 Å². The molecule has 1 aromatic rings. The summed E-state index contributed by atoms with van der Waals surface area (Å²) in [6.45, 7) is 5.16. The van der Waals surface area contributed by atoms with Crippen molar-refractivity contribution in [3.8, 4) is 5.75 Å². The van der Waals surface area contributed by atoms with E-state index in [9.17, 15) is 9.90 Å². The van der Waals surface area contributed by atoms with Gasteiger partial charge in [0.2, 0.25) is 0 Å². The fourth-order valence-electron chi connectivity index (χ4n) is 2.47. The molecule has 0 aromatic heterocycles. The number of ether oxygens (including phenoxy) is 1. The summed E-state index contributed by atoms with van der Waals surface area (Å²) in [5.41, 5.74) is 0.792. The molecule has 0 saturated carbocycles. The zero-order valence-corrected chi connectivity index (χ0v) is 12.2. The number of rotatable bonds is 4. The van der Waals surface area contributed by atoms with Gasteiger partial charge in [0.1, 0.15) is 5.75 Å². The molecular formula is C16H23NO3. The van der Waals surface area contributed by atoms with E-state index in [1.54, 1.807) is 19.9 Å². The van der Waals surface area contributed by atoms with Crippen LogP contribution in [0, 0.1) is 0 Å². The zero-order valence-electron chi connectivity index (χ0n) is 12.2. The number of hydrogen-bond acceptors (Lipinski definition) is 3. The Hall–Kier alpha value is -1.55. The molecule has 1 heterocycles. The smallest absolute Gasteiger partial charge is 0.263 e. The molecule has 0 bridgehead atoms. The van der Waals surface area contributed by atoms with Gasteiger partial charge in [-0.2, -0.15) is 0 Å². The summed E-state index contributed by atoms with van der Waals surface area (Å²) in [7, 11) is 0. The normalized spacial score (nSPS) is 18.4. The van der Waals surface area contributed by atoms with Crippen molar-refractivity contribution in [2.24, 2.45) is 0 Å². The fraction of sp³-hybridized carbons (Fsp3) is 0.562. The van der Waals surface area contributed by atoms with Gasteiger partial charge >= 0.3 is 0 Å².